The van der Waals surface area contributed by atoms with Crippen molar-refractivity contribution in [3.8, 4) is 0 Å². The van der Waals surface area contributed by atoms with E-state index in [2.05, 4.69) is 10.3 Å². The number of nitrogens with one attached hydrogen (secondary N) is 1. The van der Waals surface area contributed by atoms with Crippen molar-refractivity contribution in [2.45, 2.75) is 13.5 Å². The Morgan fingerprint density at radius 1 is 1.48 bits per heavy atom. The normalized spacial score (nSPS) is 10.7. The van der Waals surface area contributed by atoms with Crippen molar-refractivity contribution >= 4 is 29.3 Å². The molecule has 1 amide bonds. The average Bonchev–Trinajstić information content (AvgIpc) is 2.93. The molecule has 2 N–H and O–H groups in total. The van der Waals surface area contributed by atoms with Crippen LogP contribution in [0.1, 0.15) is 26.5 Å². The predicted molar refractivity (Wildman–Crippen MR) is 81.1 cm³/mol. The first-order chi connectivity index (χ1) is 10.1. The lowest BCUT2D eigenvalue weighted by atomic mass is 10.2. The number of nitrogens with zero attached hydrogens (tertiary/aromatic N) is 1. The monoisotopic (exact) mass is 302 g/mol. The van der Waals surface area contributed by atoms with Crippen molar-refractivity contribution in [1.82, 2.24) is 10.3 Å². The number of aryl methyl sites for hydroxylation is 1. The van der Waals surface area contributed by atoms with Gasteiger partial charge < -0.3 is 10.4 Å². The van der Waals surface area contributed by atoms with Gasteiger partial charge >= 0.3 is 5.97 Å². The summed E-state index contributed by atoms with van der Waals surface area (Å²) in [6, 6.07) is 5.44. The Morgan fingerprint density at radius 3 is 3.00 bits per heavy atom. The minimum absolute atomic E-state index is 0.203. The van der Waals surface area contributed by atoms with Crippen LogP contribution in [0.3, 0.4) is 0 Å². The van der Waals surface area contributed by atoms with Gasteiger partial charge in [0.15, 0.2) is 0 Å². The van der Waals surface area contributed by atoms with Gasteiger partial charge in [0.05, 0.1) is 17.8 Å². The molecule has 0 spiro atoms. The van der Waals surface area contributed by atoms with Gasteiger partial charge in [-0.1, -0.05) is 6.07 Å². The lowest BCUT2D eigenvalue weighted by Crippen LogP contribution is -2.23. The summed E-state index contributed by atoms with van der Waals surface area (Å²) in [7, 11) is 0. The highest BCUT2D eigenvalue weighted by Crippen LogP contribution is 2.16. The quantitative estimate of drug-likeness (QED) is 0.832. The maximum Gasteiger partial charge on any atom is 0.328 e. The summed E-state index contributed by atoms with van der Waals surface area (Å²) in [4.78, 5) is 27.4. The van der Waals surface area contributed by atoms with Gasteiger partial charge in [0.25, 0.3) is 5.91 Å². The summed E-state index contributed by atoms with van der Waals surface area (Å²) in [5, 5.41) is 13.1. The zero-order valence-electron chi connectivity index (χ0n) is 11.4. The second-order valence-electron chi connectivity index (χ2n) is 4.36. The summed E-state index contributed by atoms with van der Waals surface area (Å²) in [5.74, 6) is -1.22. The number of hydrogen-bond acceptors (Lipinski definition) is 4. The summed E-state index contributed by atoms with van der Waals surface area (Å²) in [6.07, 6.45) is 4.20. The highest BCUT2D eigenvalue weighted by atomic mass is 32.1. The van der Waals surface area contributed by atoms with Crippen molar-refractivity contribution in [2.24, 2.45) is 0 Å². The molecule has 0 unspecified atom stereocenters. The number of hydrogen-bond donors (Lipinski definition) is 2. The zero-order chi connectivity index (χ0) is 15.2. The van der Waals surface area contributed by atoms with E-state index >= 15 is 0 Å². The van der Waals surface area contributed by atoms with Crippen molar-refractivity contribution in [1.29, 1.82) is 0 Å². The number of carbonyl (C=O) groups is 2. The van der Waals surface area contributed by atoms with Crippen molar-refractivity contribution in [3.05, 3.63) is 57.6 Å². The second-order valence-corrected chi connectivity index (χ2v) is 5.30. The third kappa shape index (κ3) is 4.25. The molecular weight excluding hydrogens is 288 g/mol. The Hall–Kier alpha value is -2.47. The molecule has 0 saturated carbocycles. The van der Waals surface area contributed by atoms with Crippen LogP contribution >= 0.6 is 11.3 Å². The first-order valence-corrected chi connectivity index (χ1v) is 7.12. The molecule has 108 valence electrons. The minimum atomic E-state index is -1.01. The van der Waals surface area contributed by atoms with Crippen molar-refractivity contribution in [3.63, 3.8) is 0 Å². The molecule has 6 heteroatoms. The van der Waals surface area contributed by atoms with Crippen LogP contribution in [0.25, 0.3) is 6.08 Å². The second kappa shape index (κ2) is 6.81. The Labute approximate surface area is 126 Å². The van der Waals surface area contributed by atoms with Crippen LogP contribution in [-0.2, 0) is 11.3 Å². The van der Waals surface area contributed by atoms with E-state index in [1.165, 1.54) is 17.4 Å². The Bertz CT molecular complexity index is 692. The molecule has 0 radical (unpaired) electrons. The number of aromatic nitrogens is 1. The molecule has 21 heavy (non-hydrogen) atoms. The predicted octanol–water partition coefficient (Wildman–Crippen LogP) is 2.48. The number of carboxylic acid groups (broad SMARTS) is 1. The van der Waals surface area contributed by atoms with Crippen LogP contribution in [0.5, 0.6) is 0 Å². The van der Waals surface area contributed by atoms with E-state index in [0.29, 0.717) is 12.1 Å². The van der Waals surface area contributed by atoms with Gasteiger partial charge in [-0.05, 0) is 30.7 Å². The lowest BCUT2D eigenvalue weighted by molar-refractivity contribution is -0.131. The maximum atomic E-state index is 12.0. The van der Waals surface area contributed by atoms with Crippen LogP contribution < -0.4 is 5.32 Å². The number of carboxylic acids is 1. The van der Waals surface area contributed by atoms with Crippen LogP contribution in [0.15, 0.2) is 35.9 Å². The van der Waals surface area contributed by atoms with E-state index in [-0.39, 0.29) is 5.91 Å². The van der Waals surface area contributed by atoms with E-state index in [1.807, 2.05) is 19.1 Å². The molecule has 2 heterocycles. The van der Waals surface area contributed by atoms with Crippen LogP contribution in [-0.4, -0.2) is 22.0 Å². The van der Waals surface area contributed by atoms with Gasteiger partial charge in [-0.25, -0.2) is 4.79 Å². The van der Waals surface area contributed by atoms with E-state index in [0.717, 1.165) is 22.2 Å². The van der Waals surface area contributed by atoms with Gasteiger partial charge in [-0.15, -0.1) is 11.3 Å². The zero-order valence-corrected chi connectivity index (χ0v) is 12.2. The highest BCUT2D eigenvalue weighted by Gasteiger charge is 2.08. The Kier molecular flexibility index (Phi) is 4.84. The summed E-state index contributed by atoms with van der Waals surface area (Å²) >= 11 is 1.32. The number of carbonyl (C=O) groups excluding carboxylic acids is 1. The molecule has 2 aromatic rings. The van der Waals surface area contributed by atoms with Gasteiger partial charge in [0, 0.05) is 22.5 Å². The highest BCUT2D eigenvalue weighted by molar-refractivity contribution is 7.11. The smallest absolute Gasteiger partial charge is 0.328 e. The molecule has 0 aromatic carbocycles. The fourth-order valence-corrected chi connectivity index (χ4v) is 2.46. The molecule has 0 saturated heterocycles. The van der Waals surface area contributed by atoms with E-state index in [4.69, 9.17) is 5.11 Å². The first-order valence-electron chi connectivity index (χ1n) is 6.24. The minimum Gasteiger partial charge on any atom is -0.478 e. The van der Waals surface area contributed by atoms with Crippen molar-refractivity contribution in [2.75, 3.05) is 0 Å². The third-order valence-corrected chi connectivity index (χ3v) is 3.70. The number of thiophene rings is 1. The molecule has 0 aliphatic carbocycles. The summed E-state index contributed by atoms with van der Waals surface area (Å²) < 4.78 is 0. The fourth-order valence-electron chi connectivity index (χ4n) is 1.68. The molecule has 2 rings (SSSR count). The molecule has 0 fully saturated rings. The number of pyridine rings is 1. The molecular formula is C15H14N2O3S. The Morgan fingerprint density at radius 2 is 2.29 bits per heavy atom. The van der Waals surface area contributed by atoms with E-state index in [1.54, 1.807) is 17.6 Å². The van der Waals surface area contributed by atoms with Crippen LogP contribution in [0, 0.1) is 6.92 Å². The summed E-state index contributed by atoms with van der Waals surface area (Å²) in [5.41, 5.74) is 2.36. The molecule has 0 atom stereocenters. The van der Waals surface area contributed by atoms with Crippen molar-refractivity contribution < 1.29 is 14.7 Å². The number of rotatable bonds is 5. The van der Waals surface area contributed by atoms with Gasteiger partial charge in [-0.2, -0.15) is 0 Å². The van der Waals surface area contributed by atoms with Gasteiger partial charge in [0.1, 0.15) is 0 Å². The third-order valence-electron chi connectivity index (χ3n) is 2.81. The lowest BCUT2D eigenvalue weighted by Gasteiger charge is -2.05. The standard InChI is InChI=1S/C15H14N2O3S/c1-10-3-2-6-16-13(10)8-17-15(20)11-7-12(21-9-11)4-5-14(18)19/h2-7,9H,8H2,1H3,(H,17,20)(H,18,19). The van der Waals surface area contributed by atoms with Gasteiger partial charge in [0.2, 0.25) is 0 Å². The van der Waals surface area contributed by atoms with Crippen LogP contribution in [0.2, 0.25) is 0 Å². The number of amides is 1. The summed E-state index contributed by atoms with van der Waals surface area (Å²) in [6.45, 7) is 2.30. The molecule has 5 nitrogen and oxygen atoms in total. The Balaban J connectivity index is 1.98. The van der Waals surface area contributed by atoms with Gasteiger partial charge in [-0.3, -0.25) is 9.78 Å². The average molecular weight is 302 g/mol. The van der Waals surface area contributed by atoms with E-state index < -0.39 is 5.97 Å². The first kappa shape index (κ1) is 14.9. The molecule has 0 aliphatic rings. The molecule has 2 aromatic heterocycles. The fraction of sp³-hybridized carbons (Fsp3) is 0.133. The SMILES string of the molecule is Cc1cccnc1CNC(=O)c1csc(C=CC(=O)O)c1. The molecule has 0 bridgehead atoms. The largest absolute Gasteiger partial charge is 0.478 e. The topological polar surface area (TPSA) is 79.3 Å². The maximum absolute atomic E-state index is 12.0. The molecule has 0 aliphatic heterocycles. The van der Waals surface area contributed by atoms with E-state index in [9.17, 15) is 9.59 Å². The number of aliphatic carboxylic acids is 1. The van der Waals surface area contributed by atoms with Crippen LogP contribution in [0.4, 0.5) is 0 Å².